The van der Waals surface area contributed by atoms with Gasteiger partial charge in [-0.1, -0.05) is 0 Å². The van der Waals surface area contributed by atoms with Crippen LogP contribution in [0.1, 0.15) is 23.0 Å². The molecule has 0 spiro atoms. The smallest absolute Gasteiger partial charge is 0.341 e. The maximum absolute atomic E-state index is 12.0. The van der Waals surface area contributed by atoms with E-state index < -0.39 is 5.97 Å². The molecule has 8 nitrogen and oxygen atoms in total. The Morgan fingerprint density at radius 3 is 2.67 bits per heavy atom. The molecule has 21 heavy (non-hydrogen) atoms. The van der Waals surface area contributed by atoms with Gasteiger partial charge in [-0.2, -0.15) is 5.10 Å². The Hall–Kier alpha value is -2.38. The molecule has 1 saturated heterocycles. The highest BCUT2D eigenvalue weighted by molar-refractivity contribution is 5.93. The molecule has 8 heteroatoms. The average Bonchev–Trinajstić information content (AvgIpc) is 2.78. The average molecular weight is 294 g/mol. The van der Waals surface area contributed by atoms with Crippen LogP contribution in [0.3, 0.4) is 0 Å². The summed E-state index contributed by atoms with van der Waals surface area (Å²) in [6.07, 6.45) is 1.41. The molecular weight excluding hydrogens is 276 g/mol. The first-order valence-corrected chi connectivity index (χ1v) is 6.63. The topological polar surface area (TPSA) is 84.7 Å². The van der Waals surface area contributed by atoms with E-state index in [1.165, 1.54) is 20.7 Å². The predicted octanol–water partition coefficient (Wildman–Crippen LogP) is -0.603. The van der Waals surface area contributed by atoms with Crippen molar-refractivity contribution >= 4 is 17.8 Å². The molecule has 0 unspecified atom stereocenters. The summed E-state index contributed by atoms with van der Waals surface area (Å²) in [5.74, 6) is -0.768. The highest BCUT2D eigenvalue weighted by Gasteiger charge is 2.29. The molecule has 114 valence electrons. The van der Waals surface area contributed by atoms with Gasteiger partial charge in [0.05, 0.1) is 31.6 Å². The van der Waals surface area contributed by atoms with Crippen molar-refractivity contribution in [3.05, 3.63) is 17.5 Å². The van der Waals surface area contributed by atoms with E-state index in [9.17, 15) is 14.4 Å². The Labute approximate surface area is 122 Å². The number of carbonyl (C=O) groups excluding carboxylic acids is 3. The number of hydrogen-bond donors (Lipinski definition) is 0. The first-order chi connectivity index (χ1) is 9.93. The van der Waals surface area contributed by atoms with Gasteiger partial charge in [0.1, 0.15) is 12.1 Å². The van der Waals surface area contributed by atoms with Gasteiger partial charge in [-0.25, -0.2) is 4.79 Å². The van der Waals surface area contributed by atoms with Crippen molar-refractivity contribution in [3.63, 3.8) is 0 Å². The summed E-state index contributed by atoms with van der Waals surface area (Å²) in [7, 11) is 3.27. The summed E-state index contributed by atoms with van der Waals surface area (Å²) in [6.45, 7) is 2.19. The third kappa shape index (κ3) is 3.04. The van der Waals surface area contributed by atoms with Crippen molar-refractivity contribution in [1.82, 2.24) is 19.6 Å². The van der Waals surface area contributed by atoms with Gasteiger partial charge in [0.25, 0.3) is 0 Å². The number of ether oxygens (including phenoxy) is 1. The summed E-state index contributed by atoms with van der Waals surface area (Å²) < 4.78 is 6.48. The zero-order valence-corrected chi connectivity index (χ0v) is 12.3. The molecule has 0 aromatic carbocycles. The molecule has 1 aromatic rings. The van der Waals surface area contributed by atoms with Crippen molar-refractivity contribution in [2.24, 2.45) is 7.05 Å². The fourth-order valence-electron chi connectivity index (χ4n) is 2.12. The Morgan fingerprint density at radius 2 is 2.00 bits per heavy atom. The molecule has 2 rings (SSSR count). The first-order valence-electron chi connectivity index (χ1n) is 6.63. The molecule has 1 aromatic heterocycles. The van der Waals surface area contributed by atoms with Gasteiger partial charge in [-0.3, -0.25) is 14.3 Å². The fraction of sp³-hybridized carbons (Fsp3) is 0.538. The lowest BCUT2D eigenvalue weighted by atomic mass is 10.2. The van der Waals surface area contributed by atoms with E-state index in [0.717, 1.165) is 0 Å². The number of nitrogens with zero attached hydrogens (tertiary/aromatic N) is 4. The third-order valence-corrected chi connectivity index (χ3v) is 3.37. The number of hydrogen-bond acceptors (Lipinski definition) is 5. The van der Waals surface area contributed by atoms with Crippen LogP contribution >= 0.6 is 0 Å². The normalized spacial score (nSPS) is 15.6. The first kappa shape index (κ1) is 15.0. The van der Waals surface area contributed by atoms with E-state index in [-0.39, 0.29) is 38.1 Å². The van der Waals surface area contributed by atoms with Gasteiger partial charge in [-0.15, -0.1) is 0 Å². The third-order valence-electron chi connectivity index (χ3n) is 3.37. The lowest BCUT2D eigenvalue weighted by Crippen LogP contribution is -2.51. The molecule has 0 radical (unpaired) electrons. The number of aromatic nitrogens is 2. The van der Waals surface area contributed by atoms with Crippen LogP contribution in [-0.4, -0.2) is 64.1 Å². The second-order valence-corrected chi connectivity index (χ2v) is 4.85. The van der Waals surface area contributed by atoms with E-state index in [1.807, 2.05) is 0 Å². The van der Waals surface area contributed by atoms with E-state index in [4.69, 9.17) is 4.74 Å². The molecule has 0 aliphatic carbocycles. The van der Waals surface area contributed by atoms with Crippen LogP contribution < -0.4 is 0 Å². The molecule has 0 bridgehead atoms. The molecule has 2 amide bonds. The van der Waals surface area contributed by atoms with Crippen molar-refractivity contribution in [2.75, 3.05) is 26.7 Å². The van der Waals surface area contributed by atoms with Crippen LogP contribution in [0.15, 0.2) is 6.20 Å². The highest BCUT2D eigenvalue weighted by atomic mass is 16.5. The molecule has 2 heterocycles. The van der Waals surface area contributed by atoms with Gasteiger partial charge < -0.3 is 14.5 Å². The number of likely N-dealkylation sites (N-methyl/N-ethyl adjacent to an activating group) is 1. The molecule has 1 aliphatic rings. The molecular formula is C13H18N4O4. The zero-order valence-electron chi connectivity index (χ0n) is 12.3. The summed E-state index contributed by atoms with van der Waals surface area (Å²) in [6, 6.07) is 0. The van der Waals surface area contributed by atoms with Crippen LogP contribution in [0.2, 0.25) is 0 Å². The maximum atomic E-state index is 12.0. The van der Waals surface area contributed by atoms with Crippen LogP contribution in [0.4, 0.5) is 0 Å². The maximum Gasteiger partial charge on any atom is 0.341 e. The monoisotopic (exact) mass is 294 g/mol. The Morgan fingerprint density at radius 1 is 1.29 bits per heavy atom. The number of carbonyl (C=O) groups is 3. The van der Waals surface area contributed by atoms with Crippen molar-refractivity contribution in [1.29, 1.82) is 0 Å². The van der Waals surface area contributed by atoms with Gasteiger partial charge in [0.2, 0.25) is 11.8 Å². The summed E-state index contributed by atoms with van der Waals surface area (Å²) in [4.78, 5) is 38.3. The van der Waals surface area contributed by atoms with Crippen molar-refractivity contribution in [2.45, 2.75) is 13.5 Å². The number of esters is 1. The second kappa shape index (κ2) is 5.94. The van der Waals surface area contributed by atoms with Gasteiger partial charge >= 0.3 is 5.97 Å². The minimum absolute atomic E-state index is 0.00276. The Balaban J connectivity index is 2.19. The predicted molar refractivity (Wildman–Crippen MR) is 72.2 cm³/mol. The van der Waals surface area contributed by atoms with E-state index in [0.29, 0.717) is 11.3 Å². The van der Waals surface area contributed by atoms with Gasteiger partial charge in [-0.05, 0) is 6.92 Å². The lowest BCUT2D eigenvalue weighted by Gasteiger charge is -2.31. The number of piperazine rings is 1. The number of aryl methyl sites for hydroxylation is 1. The number of amides is 2. The van der Waals surface area contributed by atoms with Crippen LogP contribution in [-0.2, 0) is 27.9 Å². The molecule has 1 fully saturated rings. The minimum atomic E-state index is -0.478. The van der Waals surface area contributed by atoms with Crippen molar-refractivity contribution < 1.29 is 19.1 Å². The standard InChI is InChI=1S/C13H18N4O4/c1-4-21-13(20)9-5-14-16(3)10(9)6-17-8-11(18)15(2)7-12(17)19/h5H,4,6-8H2,1-3H3. The minimum Gasteiger partial charge on any atom is -0.462 e. The molecule has 0 saturated carbocycles. The van der Waals surface area contributed by atoms with Crippen LogP contribution in [0, 0.1) is 0 Å². The summed E-state index contributed by atoms with van der Waals surface area (Å²) in [5, 5.41) is 4.03. The zero-order chi connectivity index (χ0) is 15.6. The van der Waals surface area contributed by atoms with E-state index >= 15 is 0 Å². The second-order valence-electron chi connectivity index (χ2n) is 4.85. The molecule has 0 atom stereocenters. The largest absolute Gasteiger partial charge is 0.462 e. The SMILES string of the molecule is CCOC(=O)c1cnn(C)c1CN1CC(=O)N(C)CC1=O. The van der Waals surface area contributed by atoms with Crippen molar-refractivity contribution in [3.8, 4) is 0 Å². The van der Waals surface area contributed by atoms with Crippen LogP contribution in [0.25, 0.3) is 0 Å². The summed E-state index contributed by atoms with van der Waals surface area (Å²) >= 11 is 0. The molecule has 0 N–H and O–H groups in total. The van der Waals surface area contributed by atoms with E-state index in [2.05, 4.69) is 5.10 Å². The molecule has 1 aliphatic heterocycles. The Kier molecular flexibility index (Phi) is 4.25. The Bertz CT molecular complexity index is 581. The lowest BCUT2D eigenvalue weighted by molar-refractivity contribution is -0.149. The van der Waals surface area contributed by atoms with Crippen LogP contribution in [0.5, 0.6) is 0 Å². The van der Waals surface area contributed by atoms with Gasteiger partial charge in [0, 0.05) is 14.1 Å². The number of rotatable bonds is 4. The summed E-state index contributed by atoms with van der Waals surface area (Å²) in [5.41, 5.74) is 0.873. The fourth-order valence-corrected chi connectivity index (χ4v) is 2.12. The van der Waals surface area contributed by atoms with E-state index in [1.54, 1.807) is 21.0 Å². The van der Waals surface area contributed by atoms with Gasteiger partial charge in [0.15, 0.2) is 0 Å². The quantitative estimate of drug-likeness (QED) is 0.692. The highest BCUT2D eigenvalue weighted by Crippen LogP contribution is 2.14.